The Hall–Kier alpha value is -0.750. The lowest BCUT2D eigenvalue weighted by molar-refractivity contribution is -0.137. The van der Waals surface area contributed by atoms with E-state index < -0.39 is 17.3 Å². The second-order valence-corrected chi connectivity index (χ2v) is 4.86. The van der Waals surface area contributed by atoms with Gasteiger partial charge in [0.1, 0.15) is 5.75 Å². The van der Waals surface area contributed by atoms with Gasteiger partial charge in [-0.3, -0.25) is 0 Å². The molecule has 0 spiro atoms. The standard InChI is InChI=1S/C10H9BrF3NO/c11-7-4-5(10(12,13)14)3-6(8(7)16)9(15)1-2-9/h3-4,16H,1-2,15H2. The second-order valence-electron chi connectivity index (χ2n) is 4.01. The summed E-state index contributed by atoms with van der Waals surface area (Å²) in [5.74, 6) is -0.201. The molecule has 1 aliphatic carbocycles. The Kier molecular flexibility index (Phi) is 2.47. The van der Waals surface area contributed by atoms with Crippen LogP contribution in [0.25, 0.3) is 0 Å². The molecule has 88 valence electrons. The van der Waals surface area contributed by atoms with Crippen molar-refractivity contribution < 1.29 is 18.3 Å². The molecule has 2 nitrogen and oxygen atoms in total. The number of phenolic OH excluding ortho intramolecular Hbond substituents is 1. The zero-order valence-electron chi connectivity index (χ0n) is 8.11. The average molecular weight is 296 g/mol. The zero-order valence-corrected chi connectivity index (χ0v) is 9.69. The van der Waals surface area contributed by atoms with Gasteiger partial charge >= 0.3 is 6.18 Å². The van der Waals surface area contributed by atoms with E-state index in [1.54, 1.807) is 0 Å². The Balaban J connectivity index is 2.57. The average Bonchev–Trinajstić information content (AvgIpc) is 2.87. The van der Waals surface area contributed by atoms with Gasteiger partial charge in [0.2, 0.25) is 0 Å². The summed E-state index contributed by atoms with van der Waals surface area (Å²) in [5, 5.41) is 9.67. The number of hydrogen-bond donors (Lipinski definition) is 2. The van der Waals surface area contributed by atoms with Crippen LogP contribution in [0.1, 0.15) is 24.0 Å². The fourth-order valence-corrected chi connectivity index (χ4v) is 2.01. The molecule has 0 heterocycles. The van der Waals surface area contributed by atoms with E-state index in [0.717, 1.165) is 12.1 Å². The molecule has 1 aliphatic rings. The maximum absolute atomic E-state index is 12.5. The number of halogens is 4. The summed E-state index contributed by atoms with van der Waals surface area (Å²) >= 11 is 2.90. The topological polar surface area (TPSA) is 46.2 Å². The predicted molar refractivity (Wildman–Crippen MR) is 55.9 cm³/mol. The van der Waals surface area contributed by atoms with Crippen molar-refractivity contribution in [3.63, 3.8) is 0 Å². The number of nitrogens with two attached hydrogens (primary N) is 1. The van der Waals surface area contributed by atoms with Crippen LogP contribution >= 0.6 is 15.9 Å². The first-order valence-electron chi connectivity index (χ1n) is 4.63. The van der Waals surface area contributed by atoms with Crippen molar-refractivity contribution in [1.82, 2.24) is 0 Å². The highest BCUT2D eigenvalue weighted by molar-refractivity contribution is 9.10. The molecule has 1 aromatic carbocycles. The highest BCUT2D eigenvalue weighted by atomic mass is 79.9. The van der Waals surface area contributed by atoms with Crippen LogP contribution in [0.2, 0.25) is 0 Å². The van der Waals surface area contributed by atoms with E-state index in [2.05, 4.69) is 15.9 Å². The molecule has 0 amide bonds. The molecule has 0 saturated heterocycles. The van der Waals surface area contributed by atoms with Gasteiger partial charge < -0.3 is 10.8 Å². The summed E-state index contributed by atoms with van der Waals surface area (Å²) in [6, 6.07) is 1.78. The Morgan fingerprint density at radius 2 is 1.88 bits per heavy atom. The minimum atomic E-state index is -4.43. The molecular weight excluding hydrogens is 287 g/mol. The van der Waals surface area contributed by atoms with Crippen molar-refractivity contribution >= 4 is 15.9 Å². The van der Waals surface area contributed by atoms with Crippen LogP contribution in [0.15, 0.2) is 16.6 Å². The van der Waals surface area contributed by atoms with Gasteiger partial charge in [-0.2, -0.15) is 13.2 Å². The lowest BCUT2D eigenvalue weighted by Gasteiger charge is -2.16. The molecule has 1 aromatic rings. The molecular formula is C10H9BrF3NO. The van der Waals surface area contributed by atoms with Crippen LogP contribution in [-0.2, 0) is 11.7 Å². The zero-order chi connectivity index (χ0) is 12.1. The summed E-state index contributed by atoms with van der Waals surface area (Å²) in [7, 11) is 0. The van der Waals surface area contributed by atoms with E-state index in [1.807, 2.05) is 0 Å². The second kappa shape index (κ2) is 3.37. The predicted octanol–water partition coefficient (Wildman–Crippen LogP) is 3.12. The summed E-state index contributed by atoms with van der Waals surface area (Å²) in [4.78, 5) is 0. The summed E-state index contributed by atoms with van der Waals surface area (Å²) < 4.78 is 37.7. The number of alkyl halides is 3. The maximum Gasteiger partial charge on any atom is 0.416 e. The Morgan fingerprint density at radius 3 is 2.31 bits per heavy atom. The lowest BCUT2D eigenvalue weighted by atomic mass is 10.0. The molecule has 0 aromatic heterocycles. The molecule has 0 atom stereocenters. The molecule has 1 fully saturated rings. The number of hydrogen-bond acceptors (Lipinski definition) is 2. The van der Waals surface area contributed by atoms with Gasteiger partial charge in [0, 0.05) is 11.1 Å². The number of rotatable bonds is 1. The van der Waals surface area contributed by atoms with E-state index >= 15 is 0 Å². The van der Waals surface area contributed by atoms with Gasteiger partial charge in [-0.25, -0.2) is 0 Å². The molecule has 0 bridgehead atoms. The highest BCUT2D eigenvalue weighted by Gasteiger charge is 2.44. The Labute approximate surface area is 98.4 Å². The normalized spacial score (nSPS) is 18.6. The first kappa shape index (κ1) is 11.7. The van der Waals surface area contributed by atoms with Gasteiger partial charge in [0.15, 0.2) is 0 Å². The minimum absolute atomic E-state index is 0.0223. The van der Waals surface area contributed by atoms with Crippen molar-refractivity contribution in [2.45, 2.75) is 24.6 Å². The van der Waals surface area contributed by atoms with Crippen molar-refractivity contribution in [2.24, 2.45) is 5.73 Å². The first-order chi connectivity index (χ1) is 7.24. The van der Waals surface area contributed by atoms with Crippen molar-refractivity contribution in [1.29, 1.82) is 0 Å². The third kappa shape index (κ3) is 1.91. The third-order valence-corrected chi connectivity index (χ3v) is 3.32. The molecule has 0 radical (unpaired) electrons. The van der Waals surface area contributed by atoms with Crippen LogP contribution in [-0.4, -0.2) is 5.11 Å². The summed E-state index contributed by atoms with van der Waals surface area (Å²) in [6.45, 7) is 0. The van der Waals surface area contributed by atoms with Crippen LogP contribution < -0.4 is 5.73 Å². The monoisotopic (exact) mass is 295 g/mol. The fraction of sp³-hybridized carbons (Fsp3) is 0.400. The largest absolute Gasteiger partial charge is 0.506 e. The molecule has 3 N–H and O–H groups in total. The van der Waals surface area contributed by atoms with Gasteiger partial charge in [0.05, 0.1) is 10.0 Å². The van der Waals surface area contributed by atoms with Crippen LogP contribution in [0.3, 0.4) is 0 Å². The van der Waals surface area contributed by atoms with Gasteiger partial charge in [0.25, 0.3) is 0 Å². The number of phenols is 1. The van der Waals surface area contributed by atoms with E-state index in [1.165, 1.54) is 0 Å². The molecule has 0 aliphatic heterocycles. The van der Waals surface area contributed by atoms with Crippen molar-refractivity contribution in [3.05, 3.63) is 27.7 Å². The van der Waals surface area contributed by atoms with E-state index in [4.69, 9.17) is 5.73 Å². The fourth-order valence-electron chi connectivity index (χ4n) is 1.55. The van der Waals surface area contributed by atoms with Gasteiger partial charge in [-0.1, -0.05) is 0 Å². The lowest BCUT2D eigenvalue weighted by Crippen LogP contribution is -2.20. The molecule has 2 rings (SSSR count). The van der Waals surface area contributed by atoms with Crippen LogP contribution in [0, 0.1) is 0 Å². The minimum Gasteiger partial charge on any atom is -0.506 e. The maximum atomic E-state index is 12.5. The molecule has 0 unspecified atom stereocenters. The quantitative estimate of drug-likeness (QED) is 0.836. The number of aromatic hydroxyl groups is 1. The first-order valence-corrected chi connectivity index (χ1v) is 5.42. The SMILES string of the molecule is NC1(c2cc(C(F)(F)F)cc(Br)c2O)CC1. The third-order valence-electron chi connectivity index (χ3n) is 2.72. The van der Waals surface area contributed by atoms with Crippen molar-refractivity contribution in [3.8, 4) is 5.75 Å². The smallest absolute Gasteiger partial charge is 0.416 e. The summed E-state index contributed by atoms with van der Waals surface area (Å²) in [6.07, 6.45) is -3.25. The Bertz CT molecular complexity index is 440. The van der Waals surface area contributed by atoms with Crippen molar-refractivity contribution in [2.75, 3.05) is 0 Å². The number of benzene rings is 1. The highest BCUT2D eigenvalue weighted by Crippen LogP contribution is 2.49. The molecule has 6 heteroatoms. The van der Waals surface area contributed by atoms with Crippen LogP contribution in [0.5, 0.6) is 5.75 Å². The summed E-state index contributed by atoms with van der Waals surface area (Å²) in [5.41, 5.74) is 4.36. The Morgan fingerprint density at radius 1 is 1.31 bits per heavy atom. The van der Waals surface area contributed by atoms with Gasteiger partial charge in [-0.05, 0) is 40.9 Å². The molecule has 1 saturated carbocycles. The van der Waals surface area contributed by atoms with E-state index in [-0.39, 0.29) is 15.8 Å². The van der Waals surface area contributed by atoms with E-state index in [0.29, 0.717) is 12.8 Å². The van der Waals surface area contributed by atoms with Gasteiger partial charge in [-0.15, -0.1) is 0 Å². The molecule has 16 heavy (non-hydrogen) atoms. The van der Waals surface area contributed by atoms with E-state index in [9.17, 15) is 18.3 Å². The van der Waals surface area contributed by atoms with Crippen LogP contribution in [0.4, 0.5) is 13.2 Å².